The van der Waals surface area contributed by atoms with Crippen molar-refractivity contribution in [2.75, 3.05) is 19.7 Å². The van der Waals surface area contributed by atoms with E-state index in [1.807, 2.05) is 0 Å². The Morgan fingerprint density at radius 2 is 2.08 bits per heavy atom. The van der Waals surface area contributed by atoms with Gasteiger partial charge in [0.05, 0.1) is 18.1 Å². The van der Waals surface area contributed by atoms with Crippen molar-refractivity contribution in [2.24, 2.45) is 0 Å². The first-order chi connectivity index (χ1) is 10.8. The number of aromatic amines is 1. The summed E-state index contributed by atoms with van der Waals surface area (Å²) in [6, 6.07) is -0.325. The summed E-state index contributed by atoms with van der Waals surface area (Å²) >= 11 is 0. The third-order valence-corrected chi connectivity index (χ3v) is 4.54. The molecule has 8 heteroatoms. The van der Waals surface area contributed by atoms with Crippen molar-refractivity contribution in [1.29, 1.82) is 0 Å². The van der Waals surface area contributed by atoms with E-state index in [1.54, 1.807) is 6.33 Å². The van der Waals surface area contributed by atoms with Gasteiger partial charge in [0.2, 0.25) is 5.91 Å². The molecule has 0 saturated heterocycles. The molecule has 1 saturated carbocycles. The smallest absolute Gasteiger partial charge is 0.243 e. The van der Waals surface area contributed by atoms with Gasteiger partial charge in [-0.3, -0.25) is 4.79 Å². The Morgan fingerprint density at radius 1 is 1.29 bits per heavy atom. The van der Waals surface area contributed by atoms with Crippen LogP contribution in [0.1, 0.15) is 56.0 Å². The minimum absolute atomic E-state index is 0. The fraction of sp³-hybridized carbons (Fsp3) is 0.750. The number of hydrogen-bond donors (Lipinski definition) is 3. The lowest BCUT2D eigenvalue weighted by molar-refractivity contribution is -0.123. The number of carbonyl (C=O) groups is 1. The number of aromatic nitrogens is 2. The molecule has 2 heterocycles. The maximum atomic E-state index is 12.3. The second-order valence-corrected chi connectivity index (χ2v) is 6.18. The molecule has 0 radical (unpaired) electrons. The maximum Gasteiger partial charge on any atom is 0.243 e. The lowest BCUT2D eigenvalue weighted by Crippen LogP contribution is -2.42. The van der Waals surface area contributed by atoms with E-state index in [0.29, 0.717) is 12.6 Å². The number of hydrogen-bond acceptors (Lipinski definition) is 4. The summed E-state index contributed by atoms with van der Waals surface area (Å²) in [5, 5.41) is 6.21. The Kier molecular flexibility index (Phi) is 9.66. The van der Waals surface area contributed by atoms with E-state index in [-0.39, 0.29) is 36.8 Å². The van der Waals surface area contributed by atoms with Gasteiger partial charge in [0, 0.05) is 31.8 Å². The van der Waals surface area contributed by atoms with Crippen LogP contribution in [0.5, 0.6) is 0 Å². The number of halogens is 2. The molecule has 138 valence electrons. The number of rotatable bonds is 6. The largest absolute Gasteiger partial charge is 0.378 e. The van der Waals surface area contributed by atoms with Crippen molar-refractivity contribution < 1.29 is 9.53 Å². The third kappa shape index (κ3) is 5.62. The number of fused-ring (bicyclic) bond motifs is 1. The molecule has 1 atom stereocenters. The van der Waals surface area contributed by atoms with Gasteiger partial charge in [-0.25, -0.2) is 4.98 Å². The monoisotopic (exact) mass is 378 g/mol. The molecule has 6 nitrogen and oxygen atoms in total. The van der Waals surface area contributed by atoms with Crippen molar-refractivity contribution in [3.8, 4) is 0 Å². The molecule has 3 rings (SSSR count). The number of H-pyrrole nitrogens is 1. The zero-order valence-electron chi connectivity index (χ0n) is 13.9. The molecule has 1 aliphatic heterocycles. The van der Waals surface area contributed by atoms with Crippen LogP contribution in [0.25, 0.3) is 0 Å². The van der Waals surface area contributed by atoms with Crippen LogP contribution in [-0.2, 0) is 16.0 Å². The van der Waals surface area contributed by atoms with Crippen LogP contribution in [0.2, 0.25) is 0 Å². The van der Waals surface area contributed by atoms with E-state index >= 15 is 0 Å². The summed E-state index contributed by atoms with van der Waals surface area (Å²) in [4.78, 5) is 19.6. The first kappa shape index (κ1) is 21.2. The molecule has 0 aromatic carbocycles. The molecule has 1 aromatic rings. The second-order valence-electron chi connectivity index (χ2n) is 6.18. The zero-order chi connectivity index (χ0) is 15.2. The second kappa shape index (κ2) is 10.9. The highest BCUT2D eigenvalue weighted by Crippen LogP contribution is 2.20. The summed E-state index contributed by atoms with van der Waals surface area (Å²) in [5.74, 6) is 0.00529. The van der Waals surface area contributed by atoms with Gasteiger partial charge in [-0.1, -0.05) is 19.3 Å². The van der Waals surface area contributed by atoms with Gasteiger partial charge in [0.15, 0.2) is 0 Å². The standard InChI is InChI=1S/C16H26N4O2.2ClH/c21-16(15-14-13(7-9-17-15)19-11-20-14)18-8-4-10-22-12-5-2-1-3-6-12;;/h11-12,15,17H,1-10H2,(H,18,21)(H,19,20);2*1H. The van der Waals surface area contributed by atoms with Crippen LogP contribution in [0.15, 0.2) is 6.33 Å². The van der Waals surface area contributed by atoms with Crippen molar-refractivity contribution in [3.05, 3.63) is 17.7 Å². The number of nitrogens with one attached hydrogen (secondary N) is 3. The highest BCUT2D eigenvalue weighted by atomic mass is 35.5. The first-order valence-corrected chi connectivity index (χ1v) is 8.49. The third-order valence-electron chi connectivity index (χ3n) is 4.54. The average molecular weight is 379 g/mol. The van der Waals surface area contributed by atoms with Crippen LogP contribution < -0.4 is 10.6 Å². The van der Waals surface area contributed by atoms with E-state index in [0.717, 1.165) is 37.4 Å². The number of ether oxygens (including phenoxy) is 1. The number of nitrogens with zero attached hydrogens (tertiary/aromatic N) is 1. The quantitative estimate of drug-likeness (QED) is 0.663. The predicted molar refractivity (Wildman–Crippen MR) is 98.0 cm³/mol. The molecule has 1 fully saturated rings. The summed E-state index contributed by atoms with van der Waals surface area (Å²) in [6.45, 7) is 2.19. The molecule has 1 aromatic heterocycles. The molecule has 0 bridgehead atoms. The summed E-state index contributed by atoms with van der Waals surface area (Å²) in [6.07, 6.45) is 10.2. The zero-order valence-corrected chi connectivity index (χ0v) is 15.5. The molecule has 3 N–H and O–H groups in total. The normalized spacial score (nSPS) is 20.4. The molecule has 1 amide bonds. The predicted octanol–water partition coefficient (Wildman–Crippen LogP) is 2.30. The molecule has 0 spiro atoms. The van der Waals surface area contributed by atoms with E-state index in [2.05, 4.69) is 20.6 Å². The van der Waals surface area contributed by atoms with Crippen LogP contribution in [0, 0.1) is 0 Å². The minimum atomic E-state index is -0.325. The first-order valence-electron chi connectivity index (χ1n) is 8.49. The number of carbonyl (C=O) groups excluding carboxylic acids is 1. The van der Waals surface area contributed by atoms with Crippen molar-refractivity contribution in [2.45, 2.75) is 57.1 Å². The lowest BCUT2D eigenvalue weighted by atomic mass is 9.98. The average Bonchev–Trinajstić information content (AvgIpc) is 3.04. The Hall–Kier alpha value is -0.820. The number of imidazole rings is 1. The van der Waals surface area contributed by atoms with E-state index < -0.39 is 0 Å². The molecule has 24 heavy (non-hydrogen) atoms. The van der Waals surface area contributed by atoms with Crippen LogP contribution in [0.4, 0.5) is 0 Å². The molecule has 1 aliphatic carbocycles. The van der Waals surface area contributed by atoms with Crippen LogP contribution >= 0.6 is 24.8 Å². The fourth-order valence-electron chi connectivity index (χ4n) is 3.30. The van der Waals surface area contributed by atoms with Crippen LogP contribution in [0.3, 0.4) is 0 Å². The maximum absolute atomic E-state index is 12.3. The molecule has 2 aliphatic rings. The highest BCUT2D eigenvalue weighted by molar-refractivity contribution is 5.85. The van der Waals surface area contributed by atoms with E-state index in [1.165, 1.54) is 32.1 Å². The Labute approximate surface area is 155 Å². The SMILES string of the molecule is Cl.Cl.O=C(NCCCOC1CCCCC1)C1NCCc2[nH]cnc21. The summed E-state index contributed by atoms with van der Waals surface area (Å²) in [5.41, 5.74) is 1.90. The Balaban J connectivity index is 0.00000144. The Morgan fingerprint density at radius 3 is 2.88 bits per heavy atom. The van der Waals surface area contributed by atoms with Crippen molar-refractivity contribution in [3.63, 3.8) is 0 Å². The van der Waals surface area contributed by atoms with E-state index in [9.17, 15) is 4.79 Å². The minimum Gasteiger partial charge on any atom is -0.378 e. The number of amides is 1. The fourth-order valence-corrected chi connectivity index (χ4v) is 3.30. The van der Waals surface area contributed by atoms with Crippen molar-refractivity contribution in [1.82, 2.24) is 20.6 Å². The highest BCUT2D eigenvalue weighted by Gasteiger charge is 2.27. The van der Waals surface area contributed by atoms with E-state index in [4.69, 9.17) is 4.74 Å². The van der Waals surface area contributed by atoms with Gasteiger partial charge >= 0.3 is 0 Å². The van der Waals surface area contributed by atoms with Gasteiger partial charge in [-0.2, -0.15) is 0 Å². The van der Waals surface area contributed by atoms with Gasteiger partial charge < -0.3 is 20.4 Å². The molecular formula is C16H28Cl2N4O2. The van der Waals surface area contributed by atoms with Crippen molar-refractivity contribution >= 4 is 30.7 Å². The molecular weight excluding hydrogens is 351 g/mol. The van der Waals surface area contributed by atoms with Gasteiger partial charge in [0.1, 0.15) is 6.04 Å². The summed E-state index contributed by atoms with van der Waals surface area (Å²) < 4.78 is 5.87. The van der Waals surface area contributed by atoms with Gasteiger partial charge in [-0.05, 0) is 19.3 Å². The van der Waals surface area contributed by atoms with Gasteiger partial charge in [-0.15, -0.1) is 24.8 Å². The topological polar surface area (TPSA) is 79.0 Å². The van der Waals surface area contributed by atoms with Gasteiger partial charge in [0.25, 0.3) is 0 Å². The molecule has 1 unspecified atom stereocenters. The lowest BCUT2D eigenvalue weighted by Gasteiger charge is -2.23. The van der Waals surface area contributed by atoms with Crippen LogP contribution in [-0.4, -0.2) is 41.7 Å². The summed E-state index contributed by atoms with van der Waals surface area (Å²) in [7, 11) is 0. The Bertz CT molecular complexity index is 492.